The zero-order valence-electron chi connectivity index (χ0n) is 9.33. The second kappa shape index (κ2) is 4.24. The van der Waals surface area contributed by atoms with Gasteiger partial charge in [0.25, 0.3) is 0 Å². The largest absolute Gasteiger partial charge is 0.341 e. The van der Waals surface area contributed by atoms with Gasteiger partial charge in [-0.1, -0.05) is 12.8 Å². The van der Waals surface area contributed by atoms with Crippen molar-refractivity contribution in [2.45, 2.75) is 43.3 Å². The Balaban J connectivity index is 2.30. The van der Waals surface area contributed by atoms with E-state index < -0.39 is 15.5 Å². The van der Waals surface area contributed by atoms with E-state index >= 15 is 0 Å². The Hall–Kier alpha value is -0.380. The van der Waals surface area contributed by atoms with Crippen LogP contribution in [0.3, 0.4) is 0 Å². The van der Waals surface area contributed by atoms with Gasteiger partial charge in [-0.15, -0.1) is 0 Å². The molecule has 2 aliphatic rings. The molecule has 2 heterocycles. The van der Waals surface area contributed by atoms with Crippen LogP contribution in [0.2, 0.25) is 0 Å². The smallest absolute Gasteiger partial charge is 0.241 e. The Morgan fingerprint density at radius 3 is 2.53 bits per heavy atom. The van der Waals surface area contributed by atoms with Crippen LogP contribution in [0.15, 0.2) is 0 Å². The maximum Gasteiger partial charge on any atom is 0.241 e. The summed E-state index contributed by atoms with van der Waals surface area (Å²) in [6, 6.07) is 0. The maximum absolute atomic E-state index is 12.3. The van der Waals surface area contributed by atoms with Crippen molar-refractivity contribution in [1.82, 2.24) is 4.90 Å². The fourth-order valence-electron chi connectivity index (χ4n) is 2.80. The first kappa shape index (κ1) is 11.1. The molecule has 0 saturated carbocycles. The highest BCUT2D eigenvalue weighted by Crippen LogP contribution is 2.34. The third-order valence-corrected chi connectivity index (χ3v) is 5.43. The lowest BCUT2D eigenvalue weighted by Gasteiger charge is -2.42. The second-order valence-electron chi connectivity index (χ2n) is 4.65. The summed E-state index contributed by atoms with van der Waals surface area (Å²) < 4.78 is 11.3. The maximum atomic E-state index is 12.3. The van der Waals surface area contributed by atoms with E-state index in [4.69, 9.17) is 0 Å². The van der Waals surface area contributed by atoms with Crippen LogP contribution in [0.4, 0.5) is 0 Å². The molecule has 0 N–H and O–H groups in total. The molecule has 0 aromatic rings. The number of piperidine rings is 1. The van der Waals surface area contributed by atoms with Gasteiger partial charge in [-0.25, -0.2) is 0 Å². The summed E-state index contributed by atoms with van der Waals surface area (Å²) in [6.07, 6.45) is 7.70. The average molecular weight is 229 g/mol. The van der Waals surface area contributed by atoms with Gasteiger partial charge in [0.1, 0.15) is 4.75 Å². The molecule has 2 rings (SSSR count). The highest BCUT2D eigenvalue weighted by molar-refractivity contribution is 7.86. The lowest BCUT2D eigenvalue weighted by Crippen LogP contribution is -2.56. The van der Waals surface area contributed by atoms with Gasteiger partial charge in [0.15, 0.2) is 0 Å². The van der Waals surface area contributed by atoms with Crippen molar-refractivity contribution in [3.8, 4) is 0 Å². The Labute approximate surface area is 93.7 Å². The molecular weight excluding hydrogens is 210 g/mol. The zero-order chi connectivity index (χ0) is 10.9. The molecular formula is C11H19NO2S. The molecule has 0 aliphatic carbocycles. The fourth-order valence-corrected chi connectivity index (χ4v) is 4.04. The van der Waals surface area contributed by atoms with E-state index in [1.54, 1.807) is 6.26 Å². The van der Waals surface area contributed by atoms with E-state index in [9.17, 15) is 9.00 Å². The summed E-state index contributed by atoms with van der Waals surface area (Å²) >= 11 is 0. The van der Waals surface area contributed by atoms with E-state index in [-0.39, 0.29) is 5.91 Å². The Morgan fingerprint density at radius 2 is 1.80 bits per heavy atom. The lowest BCUT2D eigenvalue weighted by molar-refractivity contribution is -0.137. The number of nitrogens with zero attached hydrogens (tertiary/aromatic N) is 1. The predicted octanol–water partition coefficient (Wildman–Crippen LogP) is 1.30. The van der Waals surface area contributed by atoms with Gasteiger partial charge >= 0.3 is 0 Å². The fraction of sp³-hybridized carbons (Fsp3) is 0.909. The van der Waals surface area contributed by atoms with Crippen LogP contribution in [-0.2, 0) is 15.6 Å². The number of carbonyl (C=O) groups is 1. The van der Waals surface area contributed by atoms with Crippen LogP contribution < -0.4 is 0 Å². The van der Waals surface area contributed by atoms with E-state index in [1.165, 1.54) is 6.42 Å². The van der Waals surface area contributed by atoms with Crippen LogP contribution in [0.1, 0.15) is 38.5 Å². The summed E-state index contributed by atoms with van der Waals surface area (Å²) in [5, 5.41) is 0. The van der Waals surface area contributed by atoms with Crippen molar-refractivity contribution in [1.29, 1.82) is 0 Å². The molecule has 3 nitrogen and oxygen atoms in total. The number of hydrogen-bond donors (Lipinski definition) is 0. The van der Waals surface area contributed by atoms with Crippen LogP contribution in [0, 0.1) is 0 Å². The molecule has 2 fully saturated rings. The zero-order valence-corrected chi connectivity index (χ0v) is 10.1. The first-order chi connectivity index (χ1) is 7.17. The van der Waals surface area contributed by atoms with Crippen molar-refractivity contribution >= 4 is 16.7 Å². The third kappa shape index (κ3) is 1.84. The Kier molecular flexibility index (Phi) is 3.14. The van der Waals surface area contributed by atoms with Gasteiger partial charge in [-0.3, -0.25) is 9.00 Å². The van der Waals surface area contributed by atoms with Gasteiger partial charge in [0.05, 0.1) is 0 Å². The number of carbonyl (C=O) groups excluding carboxylic acids is 1. The van der Waals surface area contributed by atoms with Crippen LogP contribution in [-0.4, -0.2) is 39.1 Å². The standard InChI is InChI=1S/C11H19NO2S/c1-15(14)11-6-3-2-4-8-12(10(11)13)9-5-7-11/h2-9H2,1H3. The van der Waals surface area contributed by atoms with Crippen LogP contribution in [0.25, 0.3) is 0 Å². The number of amides is 1. The van der Waals surface area contributed by atoms with Crippen molar-refractivity contribution < 1.29 is 9.00 Å². The van der Waals surface area contributed by atoms with Gasteiger partial charge in [0.2, 0.25) is 5.91 Å². The molecule has 1 amide bonds. The van der Waals surface area contributed by atoms with Crippen LogP contribution >= 0.6 is 0 Å². The minimum Gasteiger partial charge on any atom is -0.341 e. The summed E-state index contributed by atoms with van der Waals surface area (Å²) in [5.41, 5.74) is 0. The molecule has 2 atom stereocenters. The van der Waals surface area contributed by atoms with Gasteiger partial charge in [-0.2, -0.15) is 0 Å². The minimum absolute atomic E-state index is 0.161. The molecule has 2 saturated heterocycles. The van der Waals surface area contributed by atoms with Crippen molar-refractivity contribution in [2.24, 2.45) is 0 Å². The van der Waals surface area contributed by atoms with Gasteiger partial charge in [-0.05, 0) is 25.7 Å². The summed E-state index contributed by atoms with van der Waals surface area (Å²) in [5.74, 6) is 0.161. The van der Waals surface area contributed by atoms with Crippen LogP contribution in [0.5, 0.6) is 0 Å². The number of hydrogen-bond acceptors (Lipinski definition) is 2. The summed E-state index contributed by atoms with van der Waals surface area (Å²) in [6.45, 7) is 1.75. The molecule has 15 heavy (non-hydrogen) atoms. The number of fused-ring (bicyclic) bond motifs is 2. The van der Waals surface area contributed by atoms with Crippen molar-refractivity contribution in [2.75, 3.05) is 19.3 Å². The summed E-state index contributed by atoms with van der Waals surface area (Å²) in [7, 11) is -1.02. The first-order valence-electron chi connectivity index (χ1n) is 5.80. The normalized spacial score (nSPS) is 34.5. The van der Waals surface area contributed by atoms with E-state index in [1.807, 2.05) is 4.90 Å². The topological polar surface area (TPSA) is 37.4 Å². The minimum atomic E-state index is -1.02. The van der Waals surface area contributed by atoms with E-state index in [2.05, 4.69) is 0 Å². The quantitative estimate of drug-likeness (QED) is 0.679. The molecule has 0 radical (unpaired) electrons. The predicted molar refractivity (Wildman–Crippen MR) is 61.1 cm³/mol. The molecule has 2 bridgehead atoms. The first-order valence-corrected chi connectivity index (χ1v) is 7.35. The Morgan fingerprint density at radius 1 is 1.13 bits per heavy atom. The molecule has 0 aromatic heterocycles. The van der Waals surface area contributed by atoms with Crippen molar-refractivity contribution in [3.63, 3.8) is 0 Å². The monoisotopic (exact) mass is 229 g/mol. The average Bonchev–Trinajstić information content (AvgIpc) is 2.22. The van der Waals surface area contributed by atoms with E-state index in [0.717, 1.165) is 45.2 Å². The number of rotatable bonds is 1. The third-order valence-electron chi connectivity index (χ3n) is 3.74. The van der Waals surface area contributed by atoms with E-state index in [0.29, 0.717) is 0 Å². The van der Waals surface area contributed by atoms with Crippen molar-refractivity contribution in [3.05, 3.63) is 0 Å². The second-order valence-corrected chi connectivity index (χ2v) is 6.34. The molecule has 4 heteroatoms. The highest BCUT2D eigenvalue weighted by Gasteiger charge is 2.47. The Bertz CT molecular complexity index is 292. The SMILES string of the molecule is CS(=O)C12CCCCCN(CCC1)C2=O. The lowest BCUT2D eigenvalue weighted by atomic mass is 9.88. The van der Waals surface area contributed by atoms with Gasteiger partial charge in [0, 0.05) is 30.1 Å². The molecule has 2 aliphatic heterocycles. The molecule has 86 valence electrons. The molecule has 0 spiro atoms. The molecule has 2 unspecified atom stereocenters. The highest BCUT2D eigenvalue weighted by atomic mass is 32.2. The van der Waals surface area contributed by atoms with Gasteiger partial charge < -0.3 is 4.90 Å². The summed E-state index contributed by atoms with van der Waals surface area (Å²) in [4.78, 5) is 14.2. The molecule has 0 aromatic carbocycles.